The van der Waals surface area contributed by atoms with Gasteiger partial charge < -0.3 is 0 Å². The van der Waals surface area contributed by atoms with E-state index < -0.39 is 5.54 Å². The summed E-state index contributed by atoms with van der Waals surface area (Å²) < 4.78 is 1.56. The average Bonchev–Trinajstić information content (AvgIpc) is 3.12. The van der Waals surface area contributed by atoms with Crippen LogP contribution in [0.15, 0.2) is 61.2 Å². The topological polar surface area (TPSA) is 47.8 Å². The van der Waals surface area contributed by atoms with Crippen molar-refractivity contribution in [2.24, 2.45) is 0 Å². The molecule has 1 unspecified atom stereocenters. The zero-order valence-electron chi connectivity index (χ0n) is 12.4. The van der Waals surface area contributed by atoms with Gasteiger partial charge in [-0.2, -0.15) is 0 Å². The fourth-order valence-electron chi connectivity index (χ4n) is 2.60. The molecule has 1 heterocycles. The van der Waals surface area contributed by atoms with Crippen molar-refractivity contribution in [1.29, 1.82) is 0 Å². The van der Waals surface area contributed by atoms with Crippen LogP contribution in [0.25, 0.3) is 0 Å². The van der Waals surface area contributed by atoms with Crippen LogP contribution in [0.1, 0.15) is 15.9 Å². The van der Waals surface area contributed by atoms with Crippen LogP contribution in [0, 0.1) is 0 Å². The predicted molar refractivity (Wildman–Crippen MR) is 94.9 cm³/mol. The van der Waals surface area contributed by atoms with Crippen LogP contribution in [-0.2, 0) is 5.54 Å². The molecule has 0 saturated carbocycles. The number of carbonyl (C=O) groups is 1. The van der Waals surface area contributed by atoms with Crippen LogP contribution in [-0.4, -0.2) is 36.6 Å². The second-order valence-electron chi connectivity index (χ2n) is 5.16. The van der Waals surface area contributed by atoms with Crippen LogP contribution in [0.4, 0.5) is 0 Å². The van der Waals surface area contributed by atoms with E-state index in [2.05, 4.69) is 26.1 Å². The molecule has 0 spiro atoms. The molecule has 1 radical (unpaired) electrons. The summed E-state index contributed by atoms with van der Waals surface area (Å²) >= 11 is 15.2. The number of rotatable bonds is 5. The van der Waals surface area contributed by atoms with E-state index in [0.717, 1.165) is 5.56 Å². The van der Waals surface area contributed by atoms with E-state index in [9.17, 15) is 4.79 Å². The average molecular weight is 424 g/mol. The van der Waals surface area contributed by atoms with Crippen LogP contribution >= 0.6 is 23.2 Å². The monoisotopic (exact) mass is 424 g/mol. The summed E-state index contributed by atoms with van der Waals surface area (Å²) in [6.45, 7) is 0. The maximum absolute atomic E-state index is 13.5. The molecular weight excluding hydrogens is 412 g/mol. The number of Topliss-reactive ketones (excluding diaryl/α,β-unsaturated/α-hetero) is 1. The Hall–Kier alpha value is -1.65. The van der Waals surface area contributed by atoms with Crippen molar-refractivity contribution in [2.45, 2.75) is 10.9 Å². The fourth-order valence-corrected chi connectivity index (χ4v) is 3.99. The number of halogens is 2. The number of ketones is 1. The first-order valence-corrected chi connectivity index (χ1v) is 9.05. The van der Waals surface area contributed by atoms with E-state index >= 15 is 0 Å². The van der Waals surface area contributed by atoms with Gasteiger partial charge in [0.1, 0.15) is 0 Å². The van der Waals surface area contributed by atoms with E-state index in [1.165, 1.54) is 12.7 Å². The molecule has 4 nitrogen and oxygen atoms in total. The van der Waals surface area contributed by atoms with E-state index in [4.69, 9.17) is 23.2 Å². The van der Waals surface area contributed by atoms with Crippen molar-refractivity contribution in [3.8, 4) is 0 Å². The number of carbonyl (C=O) groups excluding carboxylic acids is 1. The van der Waals surface area contributed by atoms with Crippen molar-refractivity contribution in [2.75, 3.05) is 0 Å². The Balaban J connectivity index is 2.23. The van der Waals surface area contributed by atoms with Gasteiger partial charge in [-0.15, -0.1) is 0 Å². The Kier molecular flexibility index (Phi) is 5.06. The predicted octanol–water partition coefficient (Wildman–Crippen LogP) is 3.80. The normalized spacial score (nSPS) is 13.5. The summed E-state index contributed by atoms with van der Waals surface area (Å²) in [5, 5.41) is 5.38. The number of aromatic nitrogens is 3. The number of hydrogen-bond acceptors (Lipinski definition) is 3. The third kappa shape index (κ3) is 2.89. The Morgan fingerprint density at radius 3 is 2.50 bits per heavy atom. The Bertz CT molecular complexity index is 856. The summed E-state index contributed by atoms with van der Waals surface area (Å²) in [6.07, 6.45) is 2.94. The zero-order valence-corrected chi connectivity index (χ0v) is 15.6. The van der Waals surface area contributed by atoms with Crippen molar-refractivity contribution < 1.29 is 4.79 Å². The number of nitrogens with zero attached hydrogens (tertiary/aromatic N) is 3. The molecule has 7 heteroatoms. The SMILES string of the molecule is O=C(c1ccc(Cl)cc1Cl)C(C[Se])(c1ccccc1)n1cncn1. The van der Waals surface area contributed by atoms with Crippen molar-refractivity contribution >= 4 is 45.0 Å². The van der Waals surface area contributed by atoms with Gasteiger partial charge in [0.2, 0.25) is 0 Å². The van der Waals surface area contributed by atoms with Gasteiger partial charge in [-0.3, -0.25) is 0 Å². The third-order valence-electron chi connectivity index (χ3n) is 3.82. The molecule has 3 aromatic rings. The first kappa shape index (κ1) is 17.2. The molecule has 2 aromatic carbocycles. The van der Waals surface area contributed by atoms with E-state index in [1.54, 1.807) is 22.9 Å². The molecule has 0 aliphatic carbocycles. The molecular formula is C17H12Cl2N3OSe. The summed E-state index contributed by atoms with van der Waals surface area (Å²) in [4.78, 5) is 17.5. The molecule has 0 amide bonds. The van der Waals surface area contributed by atoms with Gasteiger partial charge in [0.15, 0.2) is 0 Å². The second kappa shape index (κ2) is 7.08. The molecule has 1 aromatic heterocycles. The third-order valence-corrected chi connectivity index (χ3v) is 5.25. The molecule has 0 N–H and O–H groups in total. The van der Waals surface area contributed by atoms with Gasteiger partial charge in [0.05, 0.1) is 0 Å². The first-order chi connectivity index (χ1) is 11.6. The Labute approximate surface area is 157 Å². The second-order valence-corrected chi connectivity index (χ2v) is 6.61. The first-order valence-electron chi connectivity index (χ1n) is 7.08. The molecule has 3 rings (SSSR count). The van der Waals surface area contributed by atoms with Gasteiger partial charge in [0.25, 0.3) is 0 Å². The maximum atomic E-state index is 13.5. The van der Waals surface area contributed by atoms with Crippen molar-refractivity contribution in [3.05, 3.63) is 82.4 Å². The molecule has 0 aliphatic rings. The molecule has 0 bridgehead atoms. The summed E-state index contributed by atoms with van der Waals surface area (Å²) in [5.74, 6) is -0.181. The van der Waals surface area contributed by atoms with Gasteiger partial charge in [-0.25, -0.2) is 0 Å². The quantitative estimate of drug-likeness (QED) is 0.463. The van der Waals surface area contributed by atoms with Gasteiger partial charge >= 0.3 is 158 Å². The van der Waals surface area contributed by atoms with Crippen LogP contribution in [0.5, 0.6) is 0 Å². The van der Waals surface area contributed by atoms with E-state index in [0.29, 0.717) is 20.9 Å². The van der Waals surface area contributed by atoms with Gasteiger partial charge in [0, 0.05) is 0 Å². The summed E-state index contributed by atoms with van der Waals surface area (Å²) in [7, 11) is 0. The van der Waals surface area contributed by atoms with Gasteiger partial charge in [-0.1, -0.05) is 0 Å². The zero-order chi connectivity index (χ0) is 17.2. The number of hydrogen-bond donors (Lipinski definition) is 0. The minimum atomic E-state index is -1.07. The van der Waals surface area contributed by atoms with Crippen LogP contribution in [0.2, 0.25) is 15.4 Å². The van der Waals surface area contributed by atoms with E-state index in [-0.39, 0.29) is 5.78 Å². The van der Waals surface area contributed by atoms with Gasteiger partial charge in [-0.05, 0) is 0 Å². The molecule has 0 aliphatic heterocycles. The number of benzene rings is 2. The Morgan fingerprint density at radius 1 is 1.17 bits per heavy atom. The summed E-state index contributed by atoms with van der Waals surface area (Å²) in [5.41, 5.74) is 0.107. The molecule has 24 heavy (non-hydrogen) atoms. The molecule has 1 atom stereocenters. The standard InChI is InChI=1S/C17H12Cl2N3OSe/c18-13-6-7-14(15(19)8-13)16(23)17(9-24,22-11-20-10-21-22)12-4-2-1-3-5-12/h1-8,10-11H,9H2. The minimum absolute atomic E-state index is 0.181. The summed E-state index contributed by atoms with van der Waals surface area (Å²) in [6, 6.07) is 14.3. The molecule has 0 saturated heterocycles. The van der Waals surface area contributed by atoms with E-state index in [1.807, 2.05) is 30.3 Å². The van der Waals surface area contributed by atoms with Crippen molar-refractivity contribution in [1.82, 2.24) is 14.8 Å². The Morgan fingerprint density at radius 2 is 1.92 bits per heavy atom. The fraction of sp³-hybridized carbons (Fsp3) is 0.118. The van der Waals surface area contributed by atoms with Crippen LogP contribution in [0.3, 0.4) is 0 Å². The van der Waals surface area contributed by atoms with Crippen LogP contribution < -0.4 is 0 Å². The van der Waals surface area contributed by atoms with Crippen molar-refractivity contribution in [3.63, 3.8) is 0 Å². The molecule has 0 fully saturated rings. The molecule has 121 valence electrons.